The minimum absolute atomic E-state index is 0.689. The smallest absolute Gasteiger partial charge is 0.245 e. The fourth-order valence-electron chi connectivity index (χ4n) is 1.57. The number of allylic oxidation sites excluding steroid dienone is 2. The van der Waals surface area contributed by atoms with Gasteiger partial charge in [-0.1, -0.05) is 17.7 Å². The topological polar surface area (TPSA) is 56.8 Å². The van der Waals surface area contributed by atoms with Crippen LogP contribution in [0.4, 0.5) is 11.9 Å². The maximum Gasteiger partial charge on any atom is 0.245 e. The Morgan fingerprint density at radius 1 is 1.50 bits per heavy atom. The van der Waals surface area contributed by atoms with Crippen LogP contribution in [0.3, 0.4) is 0 Å². The number of hydrogen-bond acceptors (Lipinski definition) is 4. The summed E-state index contributed by atoms with van der Waals surface area (Å²) >= 11 is 0. The molecule has 1 aliphatic carbocycles. The molecule has 1 aromatic rings. The van der Waals surface area contributed by atoms with Crippen molar-refractivity contribution in [3.63, 3.8) is 0 Å². The van der Waals surface area contributed by atoms with Gasteiger partial charge in [-0.25, -0.2) is 5.10 Å². The summed E-state index contributed by atoms with van der Waals surface area (Å²) in [5.74, 6) is 1.40. The number of hydrogen-bond donors (Lipinski definition) is 2. The fraction of sp³-hybridized carbons (Fsp3) is 0.455. The van der Waals surface area contributed by atoms with Gasteiger partial charge in [0, 0.05) is 20.6 Å². The summed E-state index contributed by atoms with van der Waals surface area (Å²) in [7, 11) is 3.83. The Hall–Kier alpha value is -1.78. The van der Waals surface area contributed by atoms with Gasteiger partial charge in [0.2, 0.25) is 11.9 Å². The second-order valence-corrected chi connectivity index (χ2v) is 4.21. The SMILES string of the molecule is CC1=CC(CNc2nc(N(C)C)n[nH]2)=CC1. The van der Waals surface area contributed by atoms with Gasteiger partial charge in [-0.15, -0.1) is 5.10 Å². The van der Waals surface area contributed by atoms with E-state index in [2.05, 4.69) is 39.6 Å². The van der Waals surface area contributed by atoms with E-state index in [1.165, 1.54) is 11.1 Å². The largest absolute Gasteiger partial charge is 0.350 e. The summed E-state index contributed by atoms with van der Waals surface area (Å²) in [5.41, 5.74) is 2.71. The van der Waals surface area contributed by atoms with Gasteiger partial charge < -0.3 is 10.2 Å². The number of aromatic nitrogens is 3. The van der Waals surface area contributed by atoms with E-state index in [4.69, 9.17) is 0 Å². The van der Waals surface area contributed by atoms with Crippen LogP contribution in [0.1, 0.15) is 13.3 Å². The van der Waals surface area contributed by atoms with E-state index in [1.807, 2.05) is 19.0 Å². The molecule has 0 aliphatic heterocycles. The first-order chi connectivity index (χ1) is 7.65. The third kappa shape index (κ3) is 2.42. The van der Waals surface area contributed by atoms with Crippen molar-refractivity contribution in [1.82, 2.24) is 15.2 Å². The first kappa shape index (κ1) is 10.7. The van der Waals surface area contributed by atoms with E-state index in [0.29, 0.717) is 11.9 Å². The highest BCUT2D eigenvalue weighted by Gasteiger charge is 2.06. The quantitative estimate of drug-likeness (QED) is 0.807. The molecule has 0 atom stereocenters. The molecule has 0 fully saturated rings. The molecule has 2 N–H and O–H groups in total. The zero-order valence-corrected chi connectivity index (χ0v) is 9.91. The molecule has 0 saturated heterocycles. The predicted octanol–water partition coefficient (Wildman–Crippen LogP) is 1.56. The molecule has 16 heavy (non-hydrogen) atoms. The van der Waals surface area contributed by atoms with Gasteiger partial charge in [0.05, 0.1) is 0 Å². The summed E-state index contributed by atoms with van der Waals surface area (Å²) < 4.78 is 0. The second-order valence-electron chi connectivity index (χ2n) is 4.21. The van der Waals surface area contributed by atoms with Gasteiger partial charge in [0.15, 0.2) is 0 Å². The average molecular weight is 219 g/mol. The standard InChI is InChI=1S/C11H17N5/c1-8-4-5-9(6-8)7-12-10-13-11(15-14-10)16(2)3/h5-6H,4,7H2,1-3H3,(H2,12,13,14,15). The van der Waals surface area contributed by atoms with Crippen molar-refractivity contribution in [1.29, 1.82) is 0 Å². The third-order valence-electron chi connectivity index (χ3n) is 2.45. The highest BCUT2D eigenvalue weighted by Crippen LogP contribution is 2.16. The molecule has 1 aliphatic rings. The van der Waals surface area contributed by atoms with E-state index in [-0.39, 0.29) is 0 Å². The predicted molar refractivity (Wildman–Crippen MR) is 65.7 cm³/mol. The second kappa shape index (κ2) is 4.38. The lowest BCUT2D eigenvalue weighted by molar-refractivity contribution is 0.998. The van der Waals surface area contributed by atoms with Crippen molar-refractivity contribution in [3.8, 4) is 0 Å². The molecule has 0 bridgehead atoms. The number of H-pyrrole nitrogens is 1. The molecule has 1 heterocycles. The van der Waals surface area contributed by atoms with Crippen LogP contribution < -0.4 is 10.2 Å². The van der Waals surface area contributed by atoms with Crippen LogP contribution in [0.25, 0.3) is 0 Å². The van der Waals surface area contributed by atoms with Gasteiger partial charge in [-0.05, 0) is 18.9 Å². The van der Waals surface area contributed by atoms with Crippen LogP contribution in [-0.4, -0.2) is 35.8 Å². The lowest BCUT2D eigenvalue weighted by Gasteiger charge is -2.04. The number of aromatic amines is 1. The van der Waals surface area contributed by atoms with Crippen molar-refractivity contribution < 1.29 is 0 Å². The van der Waals surface area contributed by atoms with E-state index < -0.39 is 0 Å². The summed E-state index contributed by atoms with van der Waals surface area (Å²) in [6, 6.07) is 0. The Labute approximate surface area is 95.3 Å². The van der Waals surface area contributed by atoms with Crippen LogP contribution in [0.5, 0.6) is 0 Å². The van der Waals surface area contributed by atoms with E-state index in [1.54, 1.807) is 0 Å². The zero-order valence-electron chi connectivity index (χ0n) is 9.91. The minimum Gasteiger partial charge on any atom is -0.350 e. The molecule has 0 radical (unpaired) electrons. The Balaban J connectivity index is 1.90. The first-order valence-electron chi connectivity index (χ1n) is 5.35. The summed E-state index contributed by atoms with van der Waals surface area (Å²) in [5, 5.41) is 10.1. The summed E-state index contributed by atoms with van der Waals surface area (Å²) in [6.45, 7) is 2.93. The molecule has 0 aromatic carbocycles. The molecule has 0 saturated carbocycles. The fourth-order valence-corrected chi connectivity index (χ4v) is 1.57. The first-order valence-corrected chi connectivity index (χ1v) is 5.35. The van der Waals surface area contributed by atoms with Crippen molar-refractivity contribution in [2.45, 2.75) is 13.3 Å². The molecule has 86 valence electrons. The molecular formula is C11H17N5. The monoisotopic (exact) mass is 219 g/mol. The zero-order chi connectivity index (χ0) is 11.5. The van der Waals surface area contributed by atoms with Gasteiger partial charge in [0.1, 0.15) is 0 Å². The Morgan fingerprint density at radius 3 is 2.88 bits per heavy atom. The lowest BCUT2D eigenvalue weighted by atomic mass is 10.3. The minimum atomic E-state index is 0.689. The third-order valence-corrected chi connectivity index (χ3v) is 2.45. The van der Waals surface area contributed by atoms with Crippen LogP contribution in [0.2, 0.25) is 0 Å². The van der Waals surface area contributed by atoms with Crippen molar-refractivity contribution in [2.24, 2.45) is 0 Å². The number of nitrogens with one attached hydrogen (secondary N) is 2. The Kier molecular flexibility index (Phi) is 2.94. The van der Waals surface area contributed by atoms with Crippen LogP contribution in [-0.2, 0) is 0 Å². The van der Waals surface area contributed by atoms with E-state index >= 15 is 0 Å². The van der Waals surface area contributed by atoms with Gasteiger partial charge >= 0.3 is 0 Å². The van der Waals surface area contributed by atoms with Crippen molar-refractivity contribution >= 4 is 11.9 Å². The van der Waals surface area contributed by atoms with Gasteiger partial charge in [-0.2, -0.15) is 4.98 Å². The molecule has 0 amide bonds. The normalized spacial score (nSPS) is 14.7. The molecule has 5 heteroatoms. The van der Waals surface area contributed by atoms with Crippen LogP contribution in [0.15, 0.2) is 23.3 Å². The highest BCUT2D eigenvalue weighted by molar-refractivity contribution is 5.40. The Morgan fingerprint density at radius 2 is 2.31 bits per heavy atom. The maximum absolute atomic E-state index is 4.29. The van der Waals surface area contributed by atoms with Crippen LogP contribution >= 0.6 is 0 Å². The number of rotatable bonds is 4. The molecule has 5 nitrogen and oxygen atoms in total. The summed E-state index contributed by atoms with van der Waals surface area (Å²) in [6.07, 6.45) is 5.50. The van der Waals surface area contributed by atoms with Crippen molar-refractivity contribution in [3.05, 3.63) is 23.3 Å². The molecule has 0 spiro atoms. The Bertz CT molecular complexity index is 427. The average Bonchev–Trinajstić information content (AvgIpc) is 2.83. The summed E-state index contributed by atoms with van der Waals surface area (Å²) in [4.78, 5) is 6.15. The molecule has 2 rings (SSSR count). The number of anilines is 2. The number of nitrogens with zero attached hydrogens (tertiary/aromatic N) is 3. The molecular weight excluding hydrogens is 202 g/mol. The van der Waals surface area contributed by atoms with Crippen molar-refractivity contribution in [2.75, 3.05) is 30.9 Å². The van der Waals surface area contributed by atoms with E-state index in [0.717, 1.165) is 13.0 Å². The lowest BCUT2D eigenvalue weighted by Crippen LogP contribution is -2.10. The molecule has 0 unspecified atom stereocenters. The van der Waals surface area contributed by atoms with E-state index in [9.17, 15) is 0 Å². The van der Waals surface area contributed by atoms with Crippen LogP contribution in [0, 0.1) is 0 Å². The molecule has 1 aromatic heterocycles. The maximum atomic E-state index is 4.29. The van der Waals surface area contributed by atoms with Gasteiger partial charge in [-0.3, -0.25) is 0 Å². The van der Waals surface area contributed by atoms with Gasteiger partial charge in [0.25, 0.3) is 0 Å². The highest BCUT2D eigenvalue weighted by atomic mass is 15.4.